The Morgan fingerprint density at radius 1 is 1.05 bits per heavy atom. The summed E-state index contributed by atoms with van der Waals surface area (Å²) in [6, 6.07) is 7.77. The molecule has 1 aliphatic heterocycles. The lowest BCUT2D eigenvalue weighted by atomic mass is 9.90. The number of hydrogen-bond acceptors (Lipinski definition) is 6. The summed E-state index contributed by atoms with van der Waals surface area (Å²) in [5.41, 5.74) is 1.04. The molecule has 1 saturated carbocycles. The highest BCUT2D eigenvalue weighted by Crippen LogP contribution is 2.33. The molecule has 2 fully saturated rings. The summed E-state index contributed by atoms with van der Waals surface area (Å²) in [7, 11) is 1.65. The van der Waals surface area contributed by atoms with Gasteiger partial charge < -0.3 is 24.4 Å². The van der Waals surface area contributed by atoms with E-state index in [1.165, 1.54) is 32.1 Å². The molecule has 1 aromatic carbocycles. The van der Waals surface area contributed by atoms with Crippen LogP contribution in [0.2, 0.25) is 0 Å². The fourth-order valence-electron chi connectivity index (χ4n) is 5.45. The van der Waals surface area contributed by atoms with Crippen molar-refractivity contribution >= 4 is 41.6 Å². The lowest BCUT2D eigenvalue weighted by Gasteiger charge is -2.34. The summed E-state index contributed by atoms with van der Waals surface area (Å²) in [5.74, 6) is 2.38. The smallest absolute Gasteiger partial charge is 0.270 e. The van der Waals surface area contributed by atoms with Gasteiger partial charge in [0.2, 0.25) is 0 Å². The molecule has 0 spiro atoms. The number of carbonyl (C=O) groups is 1. The zero-order chi connectivity index (χ0) is 25.3. The van der Waals surface area contributed by atoms with Crippen molar-refractivity contribution in [1.82, 2.24) is 15.2 Å². The van der Waals surface area contributed by atoms with E-state index in [4.69, 9.17) is 19.2 Å². The number of aromatic nitrogens is 1. The Labute approximate surface area is 240 Å². The molecule has 0 unspecified atom stereocenters. The summed E-state index contributed by atoms with van der Waals surface area (Å²) < 4.78 is 17.5. The molecule has 2 aromatic rings. The fourth-order valence-corrected chi connectivity index (χ4v) is 5.45. The second kappa shape index (κ2) is 16.3. The summed E-state index contributed by atoms with van der Waals surface area (Å²) >= 11 is 0. The molecule has 9 heteroatoms. The Hall–Kier alpha value is -1.80. The van der Waals surface area contributed by atoms with E-state index in [9.17, 15) is 4.79 Å². The zero-order valence-corrected chi connectivity index (χ0v) is 24.7. The molecule has 7 nitrogen and oxygen atoms in total. The van der Waals surface area contributed by atoms with Crippen molar-refractivity contribution < 1.29 is 19.0 Å². The molecule has 1 atom stereocenters. The predicted molar refractivity (Wildman–Crippen MR) is 157 cm³/mol. The maximum Gasteiger partial charge on any atom is 0.270 e. The van der Waals surface area contributed by atoms with E-state index in [-0.39, 0.29) is 36.8 Å². The predicted octanol–water partition coefficient (Wildman–Crippen LogP) is 5.91. The van der Waals surface area contributed by atoms with E-state index >= 15 is 0 Å². The van der Waals surface area contributed by atoms with Crippen molar-refractivity contribution in [3.63, 3.8) is 0 Å². The maximum atomic E-state index is 13.4. The average molecular weight is 571 g/mol. The first kappa shape index (κ1) is 32.4. The molecule has 1 saturated heterocycles. The SMILES string of the molecule is COCCOc1cc(C(=O)N[C@@H]2CCCN(CC(C)C)C2)nc2c(OCC3CCCCC3)cccc12.Cl.Cl. The number of likely N-dealkylation sites (tertiary alicyclic amines) is 1. The number of carbonyl (C=O) groups excluding carboxylic acids is 1. The van der Waals surface area contributed by atoms with Crippen molar-refractivity contribution in [3.05, 3.63) is 30.0 Å². The van der Waals surface area contributed by atoms with Gasteiger partial charge in [0, 0.05) is 37.7 Å². The van der Waals surface area contributed by atoms with Crippen LogP contribution >= 0.6 is 24.8 Å². The lowest BCUT2D eigenvalue weighted by molar-refractivity contribution is 0.0893. The van der Waals surface area contributed by atoms with E-state index in [0.29, 0.717) is 54.4 Å². The van der Waals surface area contributed by atoms with E-state index < -0.39 is 0 Å². The van der Waals surface area contributed by atoms with Crippen LogP contribution < -0.4 is 14.8 Å². The number of halogens is 2. The van der Waals surface area contributed by atoms with Gasteiger partial charge in [0.1, 0.15) is 29.3 Å². The summed E-state index contributed by atoms with van der Waals surface area (Å²) in [4.78, 5) is 20.6. The Morgan fingerprint density at radius 2 is 1.84 bits per heavy atom. The quantitative estimate of drug-likeness (QED) is 0.339. The minimum atomic E-state index is -0.160. The maximum absolute atomic E-state index is 13.4. The normalized spacial score (nSPS) is 18.5. The van der Waals surface area contributed by atoms with Gasteiger partial charge in [0.15, 0.2) is 0 Å². The number of rotatable bonds is 11. The number of nitrogens with one attached hydrogen (secondary N) is 1. The number of ether oxygens (including phenoxy) is 3. The number of hydrogen-bond donors (Lipinski definition) is 1. The number of pyridine rings is 1. The molecule has 1 aromatic heterocycles. The minimum absolute atomic E-state index is 0. The van der Waals surface area contributed by atoms with Crippen LogP contribution in [0.3, 0.4) is 0 Å². The summed E-state index contributed by atoms with van der Waals surface area (Å²) in [5, 5.41) is 4.09. The van der Waals surface area contributed by atoms with Gasteiger partial charge in [-0.05, 0) is 56.2 Å². The Kier molecular flexibility index (Phi) is 13.9. The Morgan fingerprint density at radius 3 is 2.58 bits per heavy atom. The standard InChI is InChI=1S/C29H43N3O4.2ClH/c1-21(2)18-32-14-8-11-23(19-32)30-29(33)25-17-27(35-16-15-34-3)24-12-7-13-26(28(24)31-25)36-20-22-9-5-4-6-10-22;;/h7,12-13,17,21-23H,4-6,8-11,14-16,18-20H2,1-3H3,(H,30,33);2*1H/t23-;;/m1../s1. The van der Waals surface area contributed by atoms with Gasteiger partial charge in [0.05, 0.1) is 13.2 Å². The second-order valence-corrected chi connectivity index (χ2v) is 10.8. The molecule has 1 aliphatic carbocycles. The Bertz CT molecular complexity index is 1000. The molecule has 1 N–H and O–H groups in total. The fraction of sp³-hybridized carbons (Fsp3) is 0.655. The highest BCUT2D eigenvalue weighted by Gasteiger charge is 2.24. The third-order valence-electron chi connectivity index (χ3n) is 7.21. The van der Waals surface area contributed by atoms with Gasteiger partial charge >= 0.3 is 0 Å². The number of amides is 1. The van der Waals surface area contributed by atoms with Crippen LogP contribution in [0.15, 0.2) is 24.3 Å². The first-order chi connectivity index (χ1) is 17.5. The number of fused-ring (bicyclic) bond motifs is 1. The van der Waals surface area contributed by atoms with Gasteiger partial charge in [-0.25, -0.2) is 4.98 Å². The van der Waals surface area contributed by atoms with Gasteiger partial charge in [-0.3, -0.25) is 4.79 Å². The lowest BCUT2D eigenvalue weighted by Crippen LogP contribution is -2.48. The third-order valence-corrected chi connectivity index (χ3v) is 7.21. The van der Waals surface area contributed by atoms with E-state index in [2.05, 4.69) is 24.1 Å². The number of methoxy groups -OCH3 is 1. The molecule has 4 rings (SSSR count). The minimum Gasteiger partial charge on any atom is -0.491 e. The average Bonchev–Trinajstić information content (AvgIpc) is 2.88. The van der Waals surface area contributed by atoms with E-state index in [1.807, 2.05) is 18.2 Å². The number of piperidine rings is 1. The third kappa shape index (κ3) is 9.15. The molecule has 2 heterocycles. The van der Waals surface area contributed by atoms with Crippen LogP contribution in [-0.4, -0.2) is 68.4 Å². The van der Waals surface area contributed by atoms with Gasteiger partial charge in [-0.1, -0.05) is 39.2 Å². The van der Waals surface area contributed by atoms with Crippen LogP contribution in [0.5, 0.6) is 11.5 Å². The van der Waals surface area contributed by atoms with E-state index in [1.54, 1.807) is 13.2 Å². The first-order valence-electron chi connectivity index (χ1n) is 13.7. The number of para-hydroxylation sites is 1. The topological polar surface area (TPSA) is 72.9 Å². The number of nitrogens with zero attached hydrogens (tertiary/aromatic N) is 2. The molecule has 0 radical (unpaired) electrons. The molecule has 38 heavy (non-hydrogen) atoms. The number of benzene rings is 1. The summed E-state index contributed by atoms with van der Waals surface area (Å²) in [6.07, 6.45) is 8.38. The summed E-state index contributed by atoms with van der Waals surface area (Å²) in [6.45, 7) is 9.06. The van der Waals surface area contributed by atoms with Crippen LogP contribution in [0.25, 0.3) is 10.9 Å². The van der Waals surface area contributed by atoms with Crippen molar-refractivity contribution in [3.8, 4) is 11.5 Å². The van der Waals surface area contributed by atoms with Gasteiger partial charge in [0.25, 0.3) is 5.91 Å². The molecule has 1 amide bonds. The largest absolute Gasteiger partial charge is 0.491 e. The van der Waals surface area contributed by atoms with Gasteiger partial charge in [-0.15, -0.1) is 24.8 Å². The molecule has 0 bridgehead atoms. The highest BCUT2D eigenvalue weighted by atomic mass is 35.5. The molecular weight excluding hydrogens is 525 g/mol. The van der Waals surface area contributed by atoms with Crippen LogP contribution in [0.4, 0.5) is 0 Å². The first-order valence-corrected chi connectivity index (χ1v) is 13.7. The highest BCUT2D eigenvalue weighted by molar-refractivity contribution is 5.98. The molecular formula is C29H45Cl2N3O4. The zero-order valence-electron chi connectivity index (χ0n) is 23.1. The second-order valence-electron chi connectivity index (χ2n) is 10.8. The van der Waals surface area contributed by atoms with Crippen LogP contribution in [0, 0.1) is 11.8 Å². The monoisotopic (exact) mass is 569 g/mol. The van der Waals surface area contributed by atoms with Gasteiger partial charge in [-0.2, -0.15) is 0 Å². The van der Waals surface area contributed by atoms with Crippen LogP contribution in [-0.2, 0) is 4.74 Å². The van der Waals surface area contributed by atoms with Crippen molar-refractivity contribution in [2.24, 2.45) is 11.8 Å². The van der Waals surface area contributed by atoms with Crippen molar-refractivity contribution in [2.45, 2.75) is 64.8 Å². The van der Waals surface area contributed by atoms with E-state index in [0.717, 1.165) is 37.9 Å². The Balaban J connectivity index is 0.00000253. The molecule has 214 valence electrons. The van der Waals surface area contributed by atoms with Crippen molar-refractivity contribution in [2.75, 3.05) is 46.6 Å². The van der Waals surface area contributed by atoms with Crippen molar-refractivity contribution in [1.29, 1.82) is 0 Å². The molecule has 2 aliphatic rings. The van der Waals surface area contributed by atoms with Crippen LogP contribution in [0.1, 0.15) is 69.3 Å².